The number of aromatic amines is 1. The average molecular weight is 350 g/mol. The second kappa shape index (κ2) is 6.41. The Morgan fingerprint density at radius 2 is 1.85 bits per heavy atom. The van der Waals surface area contributed by atoms with Crippen LogP contribution in [0.3, 0.4) is 0 Å². The molecule has 134 valence electrons. The maximum absolute atomic E-state index is 13.0. The van der Waals surface area contributed by atoms with Crippen LogP contribution in [0.2, 0.25) is 0 Å². The van der Waals surface area contributed by atoms with Crippen molar-refractivity contribution in [1.82, 2.24) is 9.97 Å². The van der Waals surface area contributed by atoms with Gasteiger partial charge in [-0.3, -0.25) is 14.6 Å². The molecule has 0 saturated heterocycles. The molecule has 1 N–H and O–H groups in total. The van der Waals surface area contributed by atoms with Crippen molar-refractivity contribution in [2.75, 3.05) is 0 Å². The van der Waals surface area contributed by atoms with E-state index in [-0.39, 0.29) is 22.6 Å². The minimum Gasteiger partial charge on any atom is -0.424 e. The number of ether oxygens (including phenoxy) is 1. The maximum atomic E-state index is 13.0. The van der Waals surface area contributed by atoms with Crippen LogP contribution in [0.1, 0.15) is 55.0 Å². The average Bonchev–Trinajstić information content (AvgIpc) is 2.90. The molecule has 0 radical (unpaired) electrons. The van der Waals surface area contributed by atoms with Crippen LogP contribution in [-0.4, -0.2) is 21.7 Å². The summed E-state index contributed by atoms with van der Waals surface area (Å²) in [6.07, 6.45) is 1.59. The van der Waals surface area contributed by atoms with Crippen LogP contribution < -0.4 is 4.74 Å². The first-order chi connectivity index (χ1) is 12.2. The van der Waals surface area contributed by atoms with Gasteiger partial charge in [-0.15, -0.1) is 0 Å². The highest BCUT2D eigenvalue weighted by Gasteiger charge is 2.24. The summed E-state index contributed by atoms with van der Waals surface area (Å²) in [4.78, 5) is 31.9. The number of carbonyl (C=O) groups is 2. The molecule has 0 amide bonds. The predicted molar refractivity (Wildman–Crippen MR) is 101 cm³/mol. The summed E-state index contributed by atoms with van der Waals surface area (Å²) in [5.74, 6) is -0.524. The molecule has 5 nitrogen and oxygen atoms in total. The Morgan fingerprint density at radius 1 is 1.12 bits per heavy atom. The molecule has 3 rings (SSSR count). The number of benzene rings is 1. The van der Waals surface area contributed by atoms with Crippen molar-refractivity contribution in [2.45, 2.75) is 40.0 Å². The van der Waals surface area contributed by atoms with Crippen molar-refractivity contribution in [3.63, 3.8) is 0 Å². The van der Waals surface area contributed by atoms with Gasteiger partial charge in [-0.05, 0) is 47.7 Å². The first-order valence-electron chi connectivity index (χ1n) is 8.49. The van der Waals surface area contributed by atoms with Crippen LogP contribution in [0.4, 0.5) is 0 Å². The Bertz CT molecular complexity index is 1010. The standard InChI is InChI=1S/C21H22N2O3/c1-12-8-9-22-17(10-12)19(25)18-20(26-13(2)24)15-11-14(21(3,4)5)6-7-16(15)23-18/h6-11,23H,1-5H3. The Kier molecular flexibility index (Phi) is 4.40. The quantitative estimate of drug-likeness (QED) is 0.564. The zero-order chi connectivity index (χ0) is 19.1. The molecule has 0 fully saturated rings. The molecule has 0 aliphatic rings. The summed E-state index contributed by atoms with van der Waals surface area (Å²) in [6.45, 7) is 9.54. The fraction of sp³-hybridized carbons (Fsp3) is 0.286. The summed E-state index contributed by atoms with van der Waals surface area (Å²) in [6, 6.07) is 9.42. The summed E-state index contributed by atoms with van der Waals surface area (Å²) in [5.41, 5.74) is 3.24. The number of rotatable bonds is 3. The highest BCUT2D eigenvalue weighted by molar-refractivity contribution is 6.13. The van der Waals surface area contributed by atoms with Gasteiger partial charge in [0.2, 0.25) is 5.78 Å². The molecule has 3 aromatic rings. The zero-order valence-electron chi connectivity index (χ0n) is 15.6. The molecular formula is C21H22N2O3. The van der Waals surface area contributed by atoms with E-state index in [0.717, 1.165) is 16.6 Å². The lowest BCUT2D eigenvalue weighted by Gasteiger charge is -2.19. The van der Waals surface area contributed by atoms with E-state index >= 15 is 0 Å². The summed E-state index contributed by atoms with van der Waals surface area (Å²) in [5, 5.41) is 0.712. The van der Waals surface area contributed by atoms with E-state index in [1.165, 1.54) is 6.92 Å². The largest absolute Gasteiger partial charge is 0.424 e. The van der Waals surface area contributed by atoms with Gasteiger partial charge in [0.05, 0.1) is 0 Å². The van der Waals surface area contributed by atoms with Crippen molar-refractivity contribution in [2.24, 2.45) is 0 Å². The third-order valence-corrected chi connectivity index (χ3v) is 4.24. The van der Waals surface area contributed by atoms with E-state index in [1.807, 2.05) is 31.2 Å². The number of nitrogens with one attached hydrogen (secondary N) is 1. The third-order valence-electron chi connectivity index (χ3n) is 4.24. The summed E-state index contributed by atoms with van der Waals surface area (Å²) in [7, 11) is 0. The molecule has 0 aliphatic carbocycles. The van der Waals surface area contributed by atoms with Gasteiger partial charge in [-0.2, -0.15) is 0 Å². The summed E-state index contributed by atoms with van der Waals surface area (Å²) < 4.78 is 5.42. The lowest BCUT2D eigenvalue weighted by molar-refractivity contribution is -0.131. The fourth-order valence-corrected chi connectivity index (χ4v) is 2.83. The van der Waals surface area contributed by atoms with Gasteiger partial charge in [0.15, 0.2) is 5.75 Å². The van der Waals surface area contributed by atoms with Crippen molar-refractivity contribution in [1.29, 1.82) is 0 Å². The summed E-state index contributed by atoms with van der Waals surface area (Å²) >= 11 is 0. The number of esters is 1. The SMILES string of the molecule is CC(=O)Oc1c(C(=O)c2cc(C)ccn2)[nH]c2ccc(C(C)(C)C)cc12. The van der Waals surface area contributed by atoms with E-state index in [2.05, 4.69) is 30.7 Å². The number of aryl methyl sites for hydroxylation is 1. The Morgan fingerprint density at radius 3 is 2.46 bits per heavy atom. The van der Waals surface area contributed by atoms with E-state index < -0.39 is 5.97 Å². The number of aromatic nitrogens is 2. The molecule has 2 heterocycles. The molecule has 0 bridgehead atoms. The number of nitrogens with zero attached hydrogens (tertiary/aromatic N) is 1. The van der Waals surface area contributed by atoms with Crippen molar-refractivity contribution >= 4 is 22.7 Å². The third kappa shape index (κ3) is 3.38. The molecular weight excluding hydrogens is 328 g/mol. The lowest BCUT2D eigenvalue weighted by atomic mass is 9.86. The van der Waals surface area contributed by atoms with Crippen molar-refractivity contribution < 1.29 is 14.3 Å². The van der Waals surface area contributed by atoms with Gasteiger partial charge in [0.1, 0.15) is 11.4 Å². The molecule has 26 heavy (non-hydrogen) atoms. The number of ketones is 1. The van der Waals surface area contributed by atoms with Crippen molar-refractivity contribution in [3.05, 3.63) is 59.0 Å². The van der Waals surface area contributed by atoms with Crippen LogP contribution >= 0.6 is 0 Å². The molecule has 0 atom stereocenters. The predicted octanol–water partition coefficient (Wildman–Crippen LogP) is 4.33. The van der Waals surface area contributed by atoms with Gasteiger partial charge in [-0.1, -0.05) is 26.8 Å². The number of carbonyl (C=O) groups excluding carboxylic acids is 2. The molecule has 2 aromatic heterocycles. The number of pyridine rings is 1. The van der Waals surface area contributed by atoms with Crippen LogP contribution in [0.5, 0.6) is 5.75 Å². The van der Waals surface area contributed by atoms with Gasteiger partial charge < -0.3 is 9.72 Å². The van der Waals surface area contributed by atoms with E-state index in [0.29, 0.717) is 11.1 Å². The Hall–Kier alpha value is -2.95. The molecule has 0 unspecified atom stereocenters. The molecule has 0 spiro atoms. The smallest absolute Gasteiger partial charge is 0.308 e. The molecule has 5 heteroatoms. The second-order valence-electron chi connectivity index (χ2n) is 7.48. The van der Waals surface area contributed by atoms with E-state index in [9.17, 15) is 9.59 Å². The van der Waals surface area contributed by atoms with Crippen LogP contribution in [-0.2, 0) is 10.2 Å². The molecule has 0 aliphatic heterocycles. The zero-order valence-corrected chi connectivity index (χ0v) is 15.6. The van der Waals surface area contributed by atoms with E-state index in [4.69, 9.17) is 4.74 Å². The number of hydrogen-bond donors (Lipinski definition) is 1. The number of fused-ring (bicyclic) bond motifs is 1. The van der Waals surface area contributed by atoms with Crippen LogP contribution in [0, 0.1) is 6.92 Å². The van der Waals surface area contributed by atoms with Crippen LogP contribution in [0.25, 0.3) is 10.9 Å². The lowest BCUT2D eigenvalue weighted by Crippen LogP contribution is -2.11. The monoisotopic (exact) mass is 350 g/mol. The first kappa shape index (κ1) is 17.9. The highest BCUT2D eigenvalue weighted by Crippen LogP contribution is 2.35. The minimum atomic E-state index is -0.474. The number of hydrogen-bond acceptors (Lipinski definition) is 4. The van der Waals surface area contributed by atoms with Crippen LogP contribution in [0.15, 0.2) is 36.5 Å². The Balaban J connectivity index is 2.21. The van der Waals surface area contributed by atoms with E-state index in [1.54, 1.807) is 12.3 Å². The van der Waals surface area contributed by atoms with Crippen molar-refractivity contribution in [3.8, 4) is 5.75 Å². The van der Waals surface area contributed by atoms with Gasteiger partial charge in [-0.25, -0.2) is 0 Å². The second-order valence-corrected chi connectivity index (χ2v) is 7.48. The number of H-pyrrole nitrogens is 1. The molecule has 1 aromatic carbocycles. The molecule has 0 saturated carbocycles. The topological polar surface area (TPSA) is 72.1 Å². The van der Waals surface area contributed by atoms with Gasteiger partial charge in [0.25, 0.3) is 0 Å². The van der Waals surface area contributed by atoms with Gasteiger partial charge in [0, 0.05) is 24.0 Å². The van der Waals surface area contributed by atoms with Gasteiger partial charge >= 0.3 is 5.97 Å². The minimum absolute atomic E-state index is 0.0682. The highest BCUT2D eigenvalue weighted by atomic mass is 16.5. The normalized spacial score (nSPS) is 11.6. The maximum Gasteiger partial charge on any atom is 0.308 e. The fourth-order valence-electron chi connectivity index (χ4n) is 2.83. The first-order valence-corrected chi connectivity index (χ1v) is 8.49. The Labute approximate surface area is 152 Å².